The molecular weight excluding hydrogens is 188 g/mol. The van der Waals surface area contributed by atoms with Crippen LogP contribution in [-0.4, -0.2) is 5.78 Å². The van der Waals surface area contributed by atoms with E-state index < -0.39 is 0 Å². The highest BCUT2D eigenvalue weighted by atomic mass is 16.5. The van der Waals surface area contributed by atoms with E-state index in [1.54, 1.807) is 0 Å². The van der Waals surface area contributed by atoms with Crippen LogP contribution in [0.3, 0.4) is 0 Å². The molecule has 0 radical (unpaired) electrons. The van der Waals surface area contributed by atoms with Crippen molar-refractivity contribution in [1.82, 2.24) is 0 Å². The molecule has 2 nitrogen and oxygen atoms in total. The van der Waals surface area contributed by atoms with E-state index in [2.05, 4.69) is 0 Å². The predicted molar refractivity (Wildman–Crippen MR) is 58.3 cm³/mol. The van der Waals surface area contributed by atoms with Crippen molar-refractivity contribution in [3.8, 4) is 0 Å². The Balaban J connectivity index is 2.24. The van der Waals surface area contributed by atoms with Crippen LogP contribution in [0.2, 0.25) is 0 Å². The number of rotatable bonds is 1. The lowest BCUT2D eigenvalue weighted by Crippen LogP contribution is -1.94. The van der Waals surface area contributed by atoms with Gasteiger partial charge in [-0.3, -0.25) is 4.79 Å². The molecule has 0 saturated carbocycles. The van der Waals surface area contributed by atoms with Gasteiger partial charge in [-0.1, -0.05) is 30.3 Å². The monoisotopic (exact) mass is 202 g/mol. The maximum Gasteiger partial charge on any atom is 0.201 e. The van der Waals surface area contributed by atoms with E-state index in [1.807, 2.05) is 44.2 Å². The van der Waals surface area contributed by atoms with Gasteiger partial charge in [0.15, 0.2) is 5.76 Å². The molecule has 0 bridgehead atoms. The summed E-state index contributed by atoms with van der Waals surface area (Å²) < 4.78 is 5.65. The van der Waals surface area contributed by atoms with E-state index in [9.17, 15) is 4.79 Å². The van der Waals surface area contributed by atoms with Crippen LogP contribution < -0.4 is 0 Å². The number of Topliss-reactive ketones (excluding diaryl/α,β-unsaturated/α-hetero) is 1. The minimum absolute atomic E-state index is 0.0939. The molecule has 1 aliphatic rings. The van der Waals surface area contributed by atoms with Crippen molar-refractivity contribution in [2.45, 2.75) is 26.4 Å². The van der Waals surface area contributed by atoms with Crippen LogP contribution in [0.1, 0.15) is 31.9 Å². The molecule has 1 atom stereocenters. The number of ether oxygens (including phenoxy) is 1. The van der Waals surface area contributed by atoms with Gasteiger partial charge in [0.25, 0.3) is 0 Å². The summed E-state index contributed by atoms with van der Waals surface area (Å²) in [6.45, 7) is 3.81. The van der Waals surface area contributed by atoms with E-state index in [4.69, 9.17) is 4.74 Å². The standard InChI is InChI=1S/C13H14O2/c1-9(2)13-11(14)8-12(15-13)10-6-4-3-5-7-10/h3-7,12H,8H2,1-2H3/t12-/m1/s1. The van der Waals surface area contributed by atoms with E-state index in [0.29, 0.717) is 12.2 Å². The maximum atomic E-state index is 11.6. The van der Waals surface area contributed by atoms with E-state index in [1.165, 1.54) is 0 Å². The molecule has 0 aliphatic carbocycles. The Morgan fingerprint density at radius 1 is 1.27 bits per heavy atom. The molecule has 1 fully saturated rings. The first-order valence-corrected chi connectivity index (χ1v) is 5.11. The molecule has 78 valence electrons. The molecule has 1 heterocycles. The van der Waals surface area contributed by atoms with Crippen molar-refractivity contribution in [3.05, 3.63) is 47.2 Å². The summed E-state index contributed by atoms with van der Waals surface area (Å²) in [5.41, 5.74) is 2.03. The number of ketones is 1. The molecule has 2 heteroatoms. The highest BCUT2D eigenvalue weighted by Gasteiger charge is 2.30. The number of hydrogen-bond acceptors (Lipinski definition) is 2. The summed E-state index contributed by atoms with van der Waals surface area (Å²) in [5.74, 6) is 0.660. The second-order valence-corrected chi connectivity index (χ2v) is 3.97. The van der Waals surface area contributed by atoms with E-state index in [-0.39, 0.29) is 11.9 Å². The first kappa shape index (κ1) is 9.97. The summed E-state index contributed by atoms with van der Waals surface area (Å²) >= 11 is 0. The molecule has 1 aromatic carbocycles. The second kappa shape index (κ2) is 3.89. The molecule has 0 amide bonds. The fourth-order valence-corrected chi connectivity index (χ4v) is 1.76. The van der Waals surface area contributed by atoms with Crippen LogP contribution in [0, 0.1) is 0 Å². The fourth-order valence-electron chi connectivity index (χ4n) is 1.76. The lowest BCUT2D eigenvalue weighted by atomic mass is 10.1. The Hall–Kier alpha value is -1.57. The van der Waals surface area contributed by atoms with E-state index >= 15 is 0 Å². The van der Waals surface area contributed by atoms with Gasteiger partial charge in [0, 0.05) is 0 Å². The molecule has 1 saturated heterocycles. The van der Waals surface area contributed by atoms with Crippen LogP contribution >= 0.6 is 0 Å². The van der Waals surface area contributed by atoms with Crippen molar-refractivity contribution < 1.29 is 9.53 Å². The molecule has 1 aromatic rings. The first-order valence-electron chi connectivity index (χ1n) is 5.11. The van der Waals surface area contributed by atoms with Crippen molar-refractivity contribution in [2.24, 2.45) is 0 Å². The molecule has 0 spiro atoms. The zero-order valence-corrected chi connectivity index (χ0v) is 8.99. The van der Waals surface area contributed by atoms with Gasteiger partial charge in [-0.15, -0.1) is 0 Å². The number of benzene rings is 1. The fraction of sp³-hybridized carbons (Fsp3) is 0.308. The van der Waals surface area contributed by atoms with Crippen molar-refractivity contribution in [1.29, 1.82) is 0 Å². The molecule has 1 aliphatic heterocycles. The Bertz CT molecular complexity index is 400. The third-order valence-electron chi connectivity index (χ3n) is 2.51. The van der Waals surface area contributed by atoms with Gasteiger partial charge in [0.2, 0.25) is 5.78 Å². The quantitative estimate of drug-likeness (QED) is 0.654. The lowest BCUT2D eigenvalue weighted by molar-refractivity contribution is -0.115. The highest BCUT2D eigenvalue weighted by molar-refractivity contribution is 5.96. The van der Waals surface area contributed by atoms with Gasteiger partial charge >= 0.3 is 0 Å². The van der Waals surface area contributed by atoms with Crippen LogP contribution in [0.5, 0.6) is 0 Å². The Labute approximate surface area is 89.6 Å². The third kappa shape index (κ3) is 1.94. The summed E-state index contributed by atoms with van der Waals surface area (Å²) in [5, 5.41) is 0. The van der Waals surface area contributed by atoms with Crippen molar-refractivity contribution >= 4 is 5.78 Å². The van der Waals surface area contributed by atoms with Crippen molar-refractivity contribution in [2.75, 3.05) is 0 Å². The molecular formula is C13H14O2. The minimum atomic E-state index is -0.0939. The lowest BCUT2D eigenvalue weighted by Gasteiger charge is -2.09. The molecule has 0 N–H and O–H groups in total. The van der Waals surface area contributed by atoms with Crippen LogP contribution in [0.15, 0.2) is 41.7 Å². The normalized spacial score (nSPS) is 20.3. The summed E-state index contributed by atoms with van der Waals surface area (Å²) in [6.07, 6.45) is 0.369. The Kier molecular flexibility index (Phi) is 2.58. The summed E-state index contributed by atoms with van der Waals surface area (Å²) in [4.78, 5) is 11.6. The van der Waals surface area contributed by atoms with Gasteiger partial charge in [0.05, 0.1) is 6.42 Å². The number of carbonyl (C=O) groups is 1. The molecule has 2 rings (SSSR count). The third-order valence-corrected chi connectivity index (χ3v) is 2.51. The van der Waals surface area contributed by atoms with Crippen LogP contribution in [0.25, 0.3) is 0 Å². The number of hydrogen-bond donors (Lipinski definition) is 0. The average Bonchev–Trinajstić information content (AvgIpc) is 2.62. The summed E-state index contributed by atoms with van der Waals surface area (Å²) in [7, 11) is 0. The Morgan fingerprint density at radius 2 is 1.93 bits per heavy atom. The van der Waals surface area contributed by atoms with E-state index in [0.717, 1.165) is 11.1 Å². The van der Waals surface area contributed by atoms with Crippen molar-refractivity contribution in [3.63, 3.8) is 0 Å². The Morgan fingerprint density at radius 3 is 2.47 bits per heavy atom. The van der Waals surface area contributed by atoms with Gasteiger partial charge in [-0.25, -0.2) is 0 Å². The first-order chi connectivity index (χ1) is 7.18. The summed E-state index contributed by atoms with van der Waals surface area (Å²) in [6, 6.07) is 9.87. The van der Waals surface area contributed by atoms with Gasteiger partial charge in [-0.2, -0.15) is 0 Å². The minimum Gasteiger partial charge on any atom is -0.482 e. The average molecular weight is 202 g/mol. The molecule has 15 heavy (non-hydrogen) atoms. The molecule has 0 aromatic heterocycles. The number of allylic oxidation sites excluding steroid dienone is 2. The maximum absolute atomic E-state index is 11.6. The van der Waals surface area contributed by atoms with Gasteiger partial charge < -0.3 is 4.74 Å². The van der Waals surface area contributed by atoms with Gasteiger partial charge in [0.1, 0.15) is 6.10 Å². The SMILES string of the molecule is CC(C)=C1O[C@@H](c2ccccc2)CC1=O. The molecule has 0 unspecified atom stereocenters. The zero-order valence-electron chi connectivity index (χ0n) is 8.99. The van der Waals surface area contributed by atoms with Crippen LogP contribution in [-0.2, 0) is 9.53 Å². The smallest absolute Gasteiger partial charge is 0.201 e. The van der Waals surface area contributed by atoms with Gasteiger partial charge in [-0.05, 0) is 25.0 Å². The highest BCUT2D eigenvalue weighted by Crippen LogP contribution is 2.33. The van der Waals surface area contributed by atoms with Crippen LogP contribution in [0.4, 0.5) is 0 Å². The predicted octanol–water partition coefficient (Wildman–Crippen LogP) is 3.01. The topological polar surface area (TPSA) is 26.3 Å². The zero-order chi connectivity index (χ0) is 10.8. The largest absolute Gasteiger partial charge is 0.482 e. The number of carbonyl (C=O) groups excluding carboxylic acids is 1. The second-order valence-electron chi connectivity index (χ2n) is 3.97.